The highest BCUT2D eigenvalue weighted by molar-refractivity contribution is 8.01. The van der Waals surface area contributed by atoms with E-state index in [0.29, 0.717) is 0 Å². The van der Waals surface area contributed by atoms with E-state index >= 15 is 0 Å². The van der Waals surface area contributed by atoms with Gasteiger partial charge in [0.2, 0.25) is 0 Å². The molecule has 0 radical (unpaired) electrons. The molecule has 2 nitrogen and oxygen atoms in total. The van der Waals surface area contributed by atoms with Crippen LogP contribution >= 0.6 is 11.8 Å². The summed E-state index contributed by atoms with van der Waals surface area (Å²) < 4.78 is 0.155. The molecule has 0 fully saturated rings. The number of rotatable bonds is 0. The Hall–Kier alpha value is -0.310. The van der Waals surface area contributed by atoms with Crippen LogP contribution in [0.25, 0.3) is 0 Å². The highest BCUT2D eigenvalue weighted by Crippen LogP contribution is 2.29. The second kappa shape index (κ2) is 4.47. The van der Waals surface area contributed by atoms with Gasteiger partial charge in [-0.25, -0.2) is 0 Å². The third kappa shape index (κ3) is 4.27. The molecule has 1 aliphatic heterocycles. The van der Waals surface area contributed by atoms with Gasteiger partial charge in [0.15, 0.2) is 0 Å². The van der Waals surface area contributed by atoms with Crippen LogP contribution in [0.1, 0.15) is 27.7 Å². The lowest BCUT2D eigenvalue weighted by molar-refractivity contribution is 0.614. The van der Waals surface area contributed by atoms with Crippen LogP contribution in [0.15, 0.2) is 9.98 Å². The Kier molecular flexibility index (Phi) is 3.76. The fourth-order valence-corrected chi connectivity index (χ4v) is 2.13. The predicted octanol–water partition coefficient (Wildman–Crippen LogP) is 2.68. The fraction of sp³-hybridized carbons (Fsp3) is 0.818. The molecule has 0 amide bonds. The zero-order chi connectivity index (χ0) is 10.7. The molecule has 14 heavy (non-hydrogen) atoms. The summed E-state index contributed by atoms with van der Waals surface area (Å²) in [6, 6.07) is 0. The van der Waals surface area contributed by atoms with Gasteiger partial charge in [-0.3, -0.25) is 9.98 Å². The van der Waals surface area contributed by atoms with Crippen LogP contribution in [0.3, 0.4) is 0 Å². The minimum Gasteiger partial charge on any atom is -0.295 e. The summed E-state index contributed by atoms with van der Waals surface area (Å²) in [6.45, 7) is 10.5. The minimum absolute atomic E-state index is 0.155. The van der Waals surface area contributed by atoms with Crippen LogP contribution in [-0.2, 0) is 0 Å². The third-order valence-corrected chi connectivity index (χ3v) is 3.76. The van der Waals surface area contributed by atoms with Gasteiger partial charge in [0.1, 0.15) is 0 Å². The highest BCUT2D eigenvalue weighted by atomic mass is 32.2. The van der Waals surface area contributed by atoms with Crippen LogP contribution in [0, 0.1) is 5.41 Å². The standard InChI is InChI=1S/C11H20N2S/c1-10(2)7-12-5-6-13-8-11(3,4)14-9-10/h7-8H,5-6,9H2,1-4H3. The zero-order valence-electron chi connectivity index (χ0n) is 9.58. The molecule has 0 aromatic heterocycles. The quantitative estimate of drug-likeness (QED) is 0.606. The lowest BCUT2D eigenvalue weighted by Gasteiger charge is -2.26. The maximum atomic E-state index is 4.38. The lowest BCUT2D eigenvalue weighted by Crippen LogP contribution is -2.25. The van der Waals surface area contributed by atoms with Gasteiger partial charge in [-0.15, -0.1) is 11.8 Å². The molecule has 0 aliphatic carbocycles. The van der Waals surface area contributed by atoms with Crippen LogP contribution in [-0.4, -0.2) is 36.0 Å². The first-order chi connectivity index (χ1) is 6.41. The van der Waals surface area contributed by atoms with Crippen LogP contribution in [0.5, 0.6) is 0 Å². The Morgan fingerprint density at radius 2 is 1.57 bits per heavy atom. The number of thioether (sulfide) groups is 1. The Morgan fingerprint density at radius 1 is 1.00 bits per heavy atom. The average Bonchev–Trinajstić information content (AvgIpc) is 2.08. The van der Waals surface area contributed by atoms with Gasteiger partial charge in [0.05, 0.1) is 13.1 Å². The Balaban J connectivity index is 2.70. The van der Waals surface area contributed by atoms with E-state index in [0.717, 1.165) is 18.8 Å². The Morgan fingerprint density at radius 3 is 2.21 bits per heavy atom. The highest BCUT2D eigenvalue weighted by Gasteiger charge is 2.22. The molecule has 0 unspecified atom stereocenters. The monoisotopic (exact) mass is 212 g/mol. The molecule has 0 spiro atoms. The van der Waals surface area contributed by atoms with Crippen molar-refractivity contribution in [3.63, 3.8) is 0 Å². The molecule has 1 heterocycles. The van der Waals surface area contributed by atoms with Crippen LogP contribution < -0.4 is 0 Å². The summed E-state index contributed by atoms with van der Waals surface area (Å²) in [4.78, 5) is 8.75. The molecular formula is C11H20N2S. The summed E-state index contributed by atoms with van der Waals surface area (Å²) in [5, 5.41) is 0. The van der Waals surface area contributed by atoms with E-state index in [4.69, 9.17) is 0 Å². The molecule has 0 aromatic carbocycles. The number of hydrogen-bond donors (Lipinski definition) is 0. The van der Waals surface area contributed by atoms with Gasteiger partial charge in [-0.1, -0.05) is 13.8 Å². The normalized spacial score (nSPS) is 26.0. The average molecular weight is 212 g/mol. The van der Waals surface area contributed by atoms with Crippen LogP contribution in [0.2, 0.25) is 0 Å². The molecule has 1 rings (SSSR count). The number of nitrogens with zero attached hydrogens (tertiary/aromatic N) is 2. The van der Waals surface area contributed by atoms with E-state index in [9.17, 15) is 0 Å². The lowest BCUT2D eigenvalue weighted by atomic mass is 9.99. The second-order valence-electron chi connectivity index (χ2n) is 4.95. The smallest absolute Gasteiger partial charge is 0.0581 e. The van der Waals surface area contributed by atoms with Crippen molar-refractivity contribution in [1.82, 2.24) is 0 Å². The first-order valence-electron chi connectivity index (χ1n) is 5.07. The Bertz CT molecular complexity index is 216. The topological polar surface area (TPSA) is 24.7 Å². The molecule has 3 heteroatoms. The van der Waals surface area contributed by atoms with E-state index in [2.05, 4.69) is 50.1 Å². The van der Waals surface area contributed by atoms with Gasteiger partial charge in [-0.05, 0) is 13.8 Å². The van der Waals surface area contributed by atoms with Crippen molar-refractivity contribution in [3.05, 3.63) is 0 Å². The number of aliphatic imine (C=N–C) groups is 2. The van der Waals surface area contributed by atoms with Crippen molar-refractivity contribution in [2.24, 2.45) is 15.4 Å². The fourth-order valence-electron chi connectivity index (χ4n) is 1.16. The molecule has 0 saturated carbocycles. The summed E-state index contributed by atoms with van der Waals surface area (Å²) in [6.07, 6.45) is 4.14. The van der Waals surface area contributed by atoms with Gasteiger partial charge >= 0.3 is 0 Å². The summed E-state index contributed by atoms with van der Waals surface area (Å²) in [5.74, 6) is 1.09. The van der Waals surface area contributed by atoms with Gasteiger partial charge < -0.3 is 0 Å². The molecule has 0 N–H and O–H groups in total. The van der Waals surface area contributed by atoms with Crippen molar-refractivity contribution in [3.8, 4) is 0 Å². The van der Waals surface area contributed by atoms with E-state index in [-0.39, 0.29) is 10.2 Å². The second-order valence-corrected chi connectivity index (χ2v) is 6.58. The van der Waals surface area contributed by atoms with E-state index < -0.39 is 0 Å². The molecular weight excluding hydrogens is 192 g/mol. The van der Waals surface area contributed by atoms with Gasteiger partial charge in [0, 0.05) is 28.3 Å². The third-order valence-electron chi connectivity index (χ3n) is 2.02. The summed E-state index contributed by atoms with van der Waals surface area (Å²) in [5.41, 5.74) is 0.202. The summed E-state index contributed by atoms with van der Waals surface area (Å²) in [7, 11) is 0. The number of hydrogen-bond acceptors (Lipinski definition) is 3. The SMILES string of the molecule is CC1(C)C=NCCN=CC(C)(C)SC1. The van der Waals surface area contributed by atoms with Crippen molar-refractivity contribution in [2.45, 2.75) is 32.4 Å². The maximum Gasteiger partial charge on any atom is 0.0581 e. The van der Waals surface area contributed by atoms with Crippen molar-refractivity contribution in [2.75, 3.05) is 18.8 Å². The molecule has 0 aromatic rings. The van der Waals surface area contributed by atoms with E-state index in [1.807, 2.05) is 11.8 Å². The van der Waals surface area contributed by atoms with Gasteiger partial charge in [0.25, 0.3) is 0 Å². The largest absolute Gasteiger partial charge is 0.295 e. The van der Waals surface area contributed by atoms with E-state index in [1.54, 1.807) is 0 Å². The summed E-state index contributed by atoms with van der Waals surface area (Å²) >= 11 is 1.94. The molecule has 0 bridgehead atoms. The molecule has 0 atom stereocenters. The van der Waals surface area contributed by atoms with Gasteiger partial charge in [-0.2, -0.15) is 0 Å². The molecule has 1 aliphatic rings. The first kappa shape index (κ1) is 11.8. The van der Waals surface area contributed by atoms with Crippen molar-refractivity contribution >= 4 is 24.2 Å². The molecule has 0 saturated heterocycles. The minimum atomic E-state index is 0.155. The maximum absolute atomic E-state index is 4.38. The first-order valence-corrected chi connectivity index (χ1v) is 6.06. The zero-order valence-corrected chi connectivity index (χ0v) is 10.4. The van der Waals surface area contributed by atoms with Crippen molar-refractivity contribution in [1.29, 1.82) is 0 Å². The predicted molar refractivity (Wildman–Crippen MR) is 67.0 cm³/mol. The molecule has 80 valence electrons. The van der Waals surface area contributed by atoms with E-state index in [1.165, 1.54) is 0 Å². The van der Waals surface area contributed by atoms with Crippen molar-refractivity contribution < 1.29 is 0 Å². The Labute approximate surface area is 91.3 Å². The van der Waals surface area contributed by atoms with Crippen LogP contribution in [0.4, 0.5) is 0 Å².